The topological polar surface area (TPSA) is 20.3 Å². The van der Waals surface area contributed by atoms with Gasteiger partial charge in [0.05, 0.1) is 27.3 Å². The van der Waals surface area contributed by atoms with Gasteiger partial charge in [-0.25, -0.2) is 0 Å². The first-order chi connectivity index (χ1) is 6.99. The summed E-state index contributed by atoms with van der Waals surface area (Å²) in [5, 5.41) is 0. The number of hydrogen-bond donors (Lipinski definition) is 0. The molecule has 1 aromatic carbocycles. The minimum absolute atomic E-state index is 0.101. The second-order valence-corrected chi connectivity index (χ2v) is 4.80. The summed E-state index contributed by atoms with van der Waals surface area (Å²) in [6, 6.07) is 3.85. The summed E-state index contributed by atoms with van der Waals surface area (Å²) in [4.78, 5) is 11.4. The van der Waals surface area contributed by atoms with Crippen LogP contribution in [0.25, 0.3) is 0 Å². The highest BCUT2D eigenvalue weighted by molar-refractivity contribution is 9.12. The first-order valence-corrected chi connectivity index (χ1v) is 6.42. The molecule has 0 fully saturated rings. The van der Waals surface area contributed by atoms with E-state index in [4.69, 9.17) is 0 Å². The third-order valence-electron chi connectivity index (χ3n) is 2.36. The standard InChI is InChI=1S/C11H13Br2NO/c1-7-4-5-10(9(3)15)8(2)11(7)14(13)6-12/h4-5H,6H2,1-3H3. The molecule has 0 N–H and O–H groups in total. The van der Waals surface area contributed by atoms with Gasteiger partial charge in [-0.15, -0.1) is 0 Å². The zero-order valence-corrected chi connectivity index (χ0v) is 12.1. The maximum Gasteiger partial charge on any atom is 0.160 e. The first kappa shape index (κ1) is 12.7. The van der Waals surface area contributed by atoms with Crippen LogP contribution in [0.5, 0.6) is 0 Å². The van der Waals surface area contributed by atoms with Crippen molar-refractivity contribution >= 4 is 43.5 Å². The highest BCUT2D eigenvalue weighted by Crippen LogP contribution is 2.30. The Morgan fingerprint density at radius 1 is 1.40 bits per heavy atom. The van der Waals surface area contributed by atoms with Crippen LogP contribution in [0.2, 0.25) is 0 Å². The lowest BCUT2D eigenvalue weighted by Crippen LogP contribution is -2.11. The van der Waals surface area contributed by atoms with Gasteiger partial charge < -0.3 is 0 Å². The molecule has 82 valence electrons. The van der Waals surface area contributed by atoms with Gasteiger partial charge in [0.1, 0.15) is 0 Å². The summed E-state index contributed by atoms with van der Waals surface area (Å²) in [5.41, 5.74) is 4.67. The molecule has 0 atom stereocenters. The van der Waals surface area contributed by atoms with Gasteiger partial charge in [0.25, 0.3) is 0 Å². The van der Waals surface area contributed by atoms with Crippen molar-refractivity contribution in [1.82, 2.24) is 0 Å². The van der Waals surface area contributed by atoms with Crippen LogP contribution in [-0.2, 0) is 0 Å². The first-order valence-electron chi connectivity index (χ1n) is 4.59. The van der Waals surface area contributed by atoms with Crippen LogP contribution in [0.15, 0.2) is 12.1 Å². The van der Waals surface area contributed by atoms with Crippen molar-refractivity contribution in [2.45, 2.75) is 20.8 Å². The van der Waals surface area contributed by atoms with E-state index in [9.17, 15) is 4.79 Å². The van der Waals surface area contributed by atoms with E-state index in [2.05, 4.69) is 32.1 Å². The normalized spacial score (nSPS) is 10.2. The SMILES string of the molecule is CC(=O)c1ccc(C)c(N(Br)CBr)c1C. The van der Waals surface area contributed by atoms with Crippen LogP contribution in [0.1, 0.15) is 28.4 Å². The van der Waals surface area contributed by atoms with Crippen LogP contribution in [0.4, 0.5) is 5.69 Å². The Morgan fingerprint density at radius 2 is 2.00 bits per heavy atom. The monoisotopic (exact) mass is 333 g/mol. The highest BCUT2D eigenvalue weighted by Gasteiger charge is 2.13. The molecule has 15 heavy (non-hydrogen) atoms. The molecule has 0 saturated heterocycles. The predicted molar refractivity (Wildman–Crippen MR) is 71.1 cm³/mol. The number of rotatable bonds is 3. The maximum atomic E-state index is 11.4. The van der Waals surface area contributed by atoms with E-state index in [1.54, 1.807) is 6.92 Å². The van der Waals surface area contributed by atoms with Gasteiger partial charge in [0, 0.05) is 5.56 Å². The van der Waals surface area contributed by atoms with Crippen molar-refractivity contribution in [3.8, 4) is 0 Å². The Morgan fingerprint density at radius 3 is 2.47 bits per heavy atom. The third kappa shape index (κ3) is 2.61. The second kappa shape index (κ2) is 5.12. The predicted octanol–water partition coefficient (Wildman–Crippen LogP) is 3.97. The zero-order chi connectivity index (χ0) is 11.6. The fraction of sp³-hybridized carbons (Fsp3) is 0.364. The van der Waals surface area contributed by atoms with E-state index in [0.717, 1.165) is 22.4 Å². The molecular formula is C11H13Br2NO. The smallest absolute Gasteiger partial charge is 0.160 e. The van der Waals surface area contributed by atoms with Crippen LogP contribution in [0.3, 0.4) is 0 Å². The van der Waals surface area contributed by atoms with E-state index in [1.165, 1.54) is 0 Å². The maximum absolute atomic E-state index is 11.4. The van der Waals surface area contributed by atoms with Crippen molar-refractivity contribution < 1.29 is 4.79 Å². The third-order valence-corrected chi connectivity index (χ3v) is 4.14. The van der Waals surface area contributed by atoms with Crippen molar-refractivity contribution in [1.29, 1.82) is 0 Å². The highest BCUT2D eigenvalue weighted by atomic mass is 79.9. The average Bonchev–Trinajstić information content (AvgIpc) is 2.16. The zero-order valence-electron chi connectivity index (χ0n) is 8.97. The number of nitrogens with zero attached hydrogens (tertiary/aromatic N) is 1. The molecule has 0 heterocycles. The van der Waals surface area contributed by atoms with E-state index < -0.39 is 0 Å². The van der Waals surface area contributed by atoms with Crippen LogP contribution in [-0.4, -0.2) is 11.2 Å². The van der Waals surface area contributed by atoms with Crippen molar-refractivity contribution in [2.24, 2.45) is 0 Å². The van der Waals surface area contributed by atoms with Crippen LogP contribution >= 0.6 is 32.1 Å². The van der Waals surface area contributed by atoms with Crippen LogP contribution < -0.4 is 3.93 Å². The number of anilines is 1. The Bertz CT molecular complexity index is 390. The largest absolute Gasteiger partial charge is 0.298 e. The number of halogens is 2. The van der Waals surface area contributed by atoms with Gasteiger partial charge in [-0.05, 0) is 31.9 Å². The number of carbonyl (C=O) groups excluding carboxylic acids is 1. The van der Waals surface area contributed by atoms with Gasteiger partial charge in [-0.2, -0.15) is 0 Å². The lowest BCUT2D eigenvalue weighted by atomic mass is 10.0. The van der Waals surface area contributed by atoms with Crippen molar-refractivity contribution in [3.63, 3.8) is 0 Å². The number of Topliss-reactive ketones (excluding diaryl/α,β-unsaturated/α-hetero) is 1. The number of ketones is 1. The minimum atomic E-state index is 0.101. The Hall–Kier alpha value is -0.350. The lowest BCUT2D eigenvalue weighted by molar-refractivity contribution is 0.101. The fourth-order valence-corrected chi connectivity index (χ4v) is 2.45. The molecule has 2 nitrogen and oxygen atoms in total. The van der Waals surface area contributed by atoms with Gasteiger partial charge in [-0.1, -0.05) is 28.1 Å². The van der Waals surface area contributed by atoms with Gasteiger partial charge in [0.2, 0.25) is 0 Å². The summed E-state index contributed by atoms with van der Waals surface area (Å²) >= 11 is 6.82. The summed E-state index contributed by atoms with van der Waals surface area (Å²) in [6.45, 7) is 5.59. The van der Waals surface area contributed by atoms with Gasteiger partial charge in [0.15, 0.2) is 5.78 Å². The van der Waals surface area contributed by atoms with Gasteiger partial charge in [-0.3, -0.25) is 8.72 Å². The molecule has 0 amide bonds. The number of hydrogen-bond acceptors (Lipinski definition) is 2. The molecule has 0 aliphatic heterocycles. The summed E-state index contributed by atoms with van der Waals surface area (Å²) < 4.78 is 1.91. The van der Waals surface area contributed by atoms with Crippen molar-refractivity contribution in [2.75, 3.05) is 9.38 Å². The lowest BCUT2D eigenvalue weighted by Gasteiger charge is -2.20. The molecule has 0 unspecified atom stereocenters. The number of benzene rings is 1. The molecule has 1 aromatic rings. The summed E-state index contributed by atoms with van der Waals surface area (Å²) in [6.07, 6.45) is 0. The molecule has 0 aliphatic carbocycles. The molecule has 0 aromatic heterocycles. The fourth-order valence-electron chi connectivity index (χ4n) is 1.65. The van der Waals surface area contributed by atoms with Crippen molar-refractivity contribution in [3.05, 3.63) is 28.8 Å². The Balaban J connectivity index is 3.36. The van der Waals surface area contributed by atoms with Gasteiger partial charge >= 0.3 is 0 Å². The molecule has 0 saturated carbocycles. The molecule has 1 rings (SSSR count). The molecule has 0 radical (unpaired) electrons. The molecular weight excluding hydrogens is 322 g/mol. The minimum Gasteiger partial charge on any atom is -0.298 e. The molecule has 0 bridgehead atoms. The second-order valence-electron chi connectivity index (χ2n) is 3.44. The average molecular weight is 335 g/mol. The molecule has 0 aliphatic rings. The van der Waals surface area contributed by atoms with E-state index in [-0.39, 0.29) is 5.78 Å². The summed E-state index contributed by atoms with van der Waals surface area (Å²) in [5.74, 6) is 0.101. The quantitative estimate of drug-likeness (QED) is 0.361. The van der Waals surface area contributed by atoms with E-state index in [0.29, 0.717) is 5.45 Å². The molecule has 4 heteroatoms. The summed E-state index contributed by atoms with van der Waals surface area (Å²) in [7, 11) is 0. The molecule has 0 spiro atoms. The van der Waals surface area contributed by atoms with E-state index in [1.807, 2.05) is 29.9 Å². The van der Waals surface area contributed by atoms with Crippen LogP contribution in [0, 0.1) is 13.8 Å². The number of alkyl halides is 1. The Labute approximate surface area is 107 Å². The number of carbonyl (C=O) groups is 1. The Kier molecular flexibility index (Phi) is 4.34. The number of aryl methyl sites for hydroxylation is 1. The van der Waals surface area contributed by atoms with E-state index >= 15 is 0 Å².